The van der Waals surface area contributed by atoms with Gasteiger partial charge in [0.25, 0.3) is 11.8 Å². The molecule has 0 aliphatic carbocycles. The molecule has 1 atom stereocenters. The normalized spacial score (nSPS) is 15.1. The van der Waals surface area contributed by atoms with Gasteiger partial charge < -0.3 is 25.0 Å². The van der Waals surface area contributed by atoms with E-state index in [-0.39, 0.29) is 28.6 Å². The number of rotatable bonds is 8. The summed E-state index contributed by atoms with van der Waals surface area (Å²) in [6.45, 7) is 6.09. The first-order valence-corrected chi connectivity index (χ1v) is 11.0. The Bertz CT molecular complexity index is 824. The van der Waals surface area contributed by atoms with Crippen LogP contribution in [0.2, 0.25) is 5.02 Å². The average molecular weight is 468 g/mol. The lowest BCUT2D eigenvalue weighted by Crippen LogP contribution is -2.48. The van der Waals surface area contributed by atoms with Crippen molar-refractivity contribution < 1.29 is 28.7 Å². The monoisotopic (exact) mass is 467 g/mol. The molecule has 1 aliphatic rings. The van der Waals surface area contributed by atoms with E-state index in [0.717, 1.165) is 0 Å². The molecule has 1 fully saturated rings. The van der Waals surface area contributed by atoms with Crippen LogP contribution < -0.4 is 10.6 Å². The first-order valence-electron chi connectivity index (χ1n) is 10.7. The van der Waals surface area contributed by atoms with Crippen LogP contribution in [0, 0.1) is 5.92 Å². The molecule has 9 nitrogen and oxygen atoms in total. The summed E-state index contributed by atoms with van der Waals surface area (Å²) in [5.41, 5.74) is 0.250. The van der Waals surface area contributed by atoms with Gasteiger partial charge in [-0.05, 0) is 37.8 Å². The van der Waals surface area contributed by atoms with Crippen LogP contribution in [0.25, 0.3) is 0 Å². The predicted molar refractivity (Wildman–Crippen MR) is 118 cm³/mol. The predicted octanol–water partition coefficient (Wildman–Crippen LogP) is 2.37. The van der Waals surface area contributed by atoms with E-state index in [2.05, 4.69) is 10.6 Å². The summed E-state index contributed by atoms with van der Waals surface area (Å²) < 4.78 is 10.1. The van der Waals surface area contributed by atoms with Crippen LogP contribution in [0.5, 0.6) is 0 Å². The molecule has 176 valence electrons. The van der Waals surface area contributed by atoms with E-state index >= 15 is 0 Å². The van der Waals surface area contributed by atoms with Crippen molar-refractivity contribution in [2.75, 3.05) is 26.3 Å². The third kappa shape index (κ3) is 7.40. The number of carbonyl (C=O) groups is 4. The van der Waals surface area contributed by atoms with E-state index < -0.39 is 30.4 Å². The maximum Gasteiger partial charge on any atom is 0.409 e. The number of benzene rings is 1. The van der Waals surface area contributed by atoms with Gasteiger partial charge in [-0.15, -0.1) is 0 Å². The standard InChI is InChI=1S/C22H30ClN3O6/c1-4-31-22(30)26-11-9-15(10-12-26)24-18(27)13-32-21(29)19(14(2)3)25-20(28)16-7-5-6-8-17(16)23/h5-8,14-15,19H,4,9-13H2,1-3H3,(H,24,27)(H,25,28)/t19-/m0/s1. The summed E-state index contributed by atoms with van der Waals surface area (Å²) >= 11 is 6.04. The summed E-state index contributed by atoms with van der Waals surface area (Å²) in [6.07, 6.45) is 0.812. The third-order valence-electron chi connectivity index (χ3n) is 5.06. The van der Waals surface area contributed by atoms with E-state index in [9.17, 15) is 19.2 Å². The van der Waals surface area contributed by atoms with Crippen molar-refractivity contribution in [3.05, 3.63) is 34.9 Å². The van der Waals surface area contributed by atoms with E-state index in [4.69, 9.17) is 21.1 Å². The molecule has 1 heterocycles. The molecule has 0 bridgehead atoms. The summed E-state index contributed by atoms with van der Waals surface area (Å²) in [5.74, 6) is -1.89. The Morgan fingerprint density at radius 3 is 2.38 bits per heavy atom. The minimum absolute atomic E-state index is 0.118. The topological polar surface area (TPSA) is 114 Å². The maximum absolute atomic E-state index is 12.5. The minimum Gasteiger partial charge on any atom is -0.454 e. The van der Waals surface area contributed by atoms with Gasteiger partial charge in [0.15, 0.2) is 6.61 Å². The molecule has 0 aromatic heterocycles. The molecule has 1 saturated heterocycles. The van der Waals surface area contributed by atoms with Gasteiger partial charge in [-0.3, -0.25) is 9.59 Å². The summed E-state index contributed by atoms with van der Waals surface area (Å²) in [6, 6.07) is 5.46. The van der Waals surface area contributed by atoms with Gasteiger partial charge in [0.05, 0.1) is 17.2 Å². The number of piperidine rings is 1. The quantitative estimate of drug-likeness (QED) is 0.567. The molecule has 0 radical (unpaired) electrons. The molecule has 0 saturated carbocycles. The van der Waals surface area contributed by atoms with Gasteiger partial charge in [0.1, 0.15) is 6.04 Å². The fourth-order valence-electron chi connectivity index (χ4n) is 3.28. The largest absolute Gasteiger partial charge is 0.454 e. The Morgan fingerprint density at radius 2 is 1.78 bits per heavy atom. The molecule has 1 aliphatic heterocycles. The van der Waals surface area contributed by atoms with Crippen LogP contribution >= 0.6 is 11.6 Å². The highest BCUT2D eigenvalue weighted by Gasteiger charge is 2.28. The van der Waals surface area contributed by atoms with Crippen LogP contribution in [0.3, 0.4) is 0 Å². The van der Waals surface area contributed by atoms with Crippen molar-refractivity contribution in [3.63, 3.8) is 0 Å². The van der Waals surface area contributed by atoms with Crippen molar-refractivity contribution in [3.8, 4) is 0 Å². The van der Waals surface area contributed by atoms with Crippen molar-refractivity contribution in [2.24, 2.45) is 5.92 Å². The number of carbonyl (C=O) groups excluding carboxylic acids is 4. The van der Waals surface area contributed by atoms with Gasteiger partial charge in [-0.25, -0.2) is 9.59 Å². The Balaban J connectivity index is 1.80. The summed E-state index contributed by atoms with van der Waals surface area (Å²) in [4.78, 5) is 50.5. The highest BCUT2D eigenvalue weighted by Crippen LogP contribution is 2.16. The minimum atomic E-state index is -0.931. The Kier molecular flexibility index (Phi) is 9.77. The number of amides is 3. The first kappa shape index (κ1) is 25.5. The molecule has 1 aromatic carbocycles. The number of hydrogen-bond acceptors (Lipinski definition) is 6. The number of esters is 1. The lowest BCUT2D eigenvalue weighted by atomic mass is 10.0. The molecule has 0 spiro atoms. The zero-order chi connectivity index (χ0) is 23.7. The number of halogens is 1. The van der Waals surface area contributed by atoms with Gasteiger partial charge in [0.2, 0.25) is 0 Å². The molecule has 0 unspecified atom stereocenters. The van der Waals surface area contributed by atoms with Crippen molar-refractivity contribution >= 4 is 35.5 Å². The number of hydrogen-bond donors (Lipinski definition) is 2. The molecule has 32 heavy (non-hydrogen) atoms. The van der Waals surface area contributed by atoms with Crippen molar-refractivity contribution in [1.29, 1.82) is 0 Å². The van der Waals surface area contributed by atoms with E-state index in [1.54, 1.807) is 49.9 Å². The van der Waals surface area contributed by atoms with Crippen LogP contribution in [0.1, 0.15) is 44.0 Å². The highest BCUT2D eigenvalue weighted by molar-refractivity contribution is 6.33. The van der Waals surface area contributed by atoms with Gasteiger partial charge in [-0.2, -0.15) is 0 Å². The third-order valence-corrected chi connectivity index (χ3v) is 5.39. The van der Waals surface area contributed by atoms with Crippen molar-refractivity contribution in [2.45, 2.75) is 45.7 Å². The van der Waals surface area contributed by atoms with Crippen LogP contribution in [-0.4, -0.2) is 67.2 Å². The van der Waals surface area contributed by atoms with Crippen LogP contribution in [0.4, 0.5) is 4.79 Å². The lowest BCUT2D eigenvalue weighted by Gasteiger charge is -2.31. The second-order valence-corrected chi connectivity index (χ2v) is 8.22. The molecular weight excluding hydrogens is 438 g/mol. The average Bonchev–Trinajstić information content (AvgIpc) is 2.76. The Hall–Kier alpha value is -2.81. The second-order valence-electron chi connectivity index (χ2n) is 7.81. The Labute approximate surface area is 192 Å². The van der Waals surface area contributed by atoms with E-state index in [0.29, 0.717) is 32.5 Å². The number of nitrogens with one attached hydrogen (secondary N) is 2. The number of ether oxygens (including phenoxy) is 2. The SMILES string of the molecule is CCOC(=O)N1CCC(NC(=O)COC(=O)[C@@H](NC(=O)c2ccccc2Cl)C(C)C)CC1. The highest BCUT2D eigenvalue weighted by atomic mass is 35.5. The van der Waals surface area contributed by atoms with E-state index in [1.165, 1.54) is 0 Å². The fraction of sp³-hybridized carbons (Fsp3) is 0.545. The van der Waals surface area contributed by atoms with E-state index in [1.807, 2.05) is 0 Å². The maximum atomic E-state index is 12.5. The molecule has 10 heteroatoms. The Morgan fingerprint density at radius 1 is 1.12 bits per heavy atom. The van der Waals surface area contributed by atoms with Gasteiger partial charge in [-0.1, -0.05) is 37.6 Å². The summed E-state index contributed by atoms with van der Waals surface area (Å²) in [5, 5.41) is 5.71. The van der Waals surface area contributed by atoms with Gasteiger partial charge in [0, 0.05) is 19.1 Å². The molecule has 2 N–H and O–H groups in total. The second kappa shape index (κ2) is 12.3. The number of nitrogens with zero attached hydrogens (tertiary/aromatic N) is 1. The van der Waals surface area contributed by atoms with Crippen LogP contribution in [0.15, 0.2) is 24.3 Å². The fourth-order valence-corrected chi connectivity index (χ4v) is 3.50. The first-order chi connectivity index (χ1) is 15.2. The molecule has 3 amide bonds. The molecular formula is C22H30ClN3O6. The van der Waals surface area contributed by atoms with Crippen molar-refractivity contribution in [1.82, 2.24) is 15.5 Å². The zero-order valence-electron chi connectivity index (χ0n) is 18.6. The smallest absolute Gasteiger partial charge is 0.409 e. The molecule has 1 aromatic rings. The zero-order valence-corrected chi connectivity index (χ0v) is 19.3. The number of likely N-dealkylation sites (tertiary alicyclic amines) is 1. The molecule has 2 rings (SSSR count). The van der Waals surface area contributed by atoms with Gasteiger partial charge >= 0.3 is 12.1 Å². The lowest BCUT2D eigenvalue weighted by molar-refractivity contribution is -0.151. The summed E-state index contributed by atoms with van der Waals surface area (Å²) in [7, 11) is 0. The van der Waals surface area contributed by atoms with Crippen LogP contribution in [-0.2, 0) is 19.1 Å².